The Bertz CT molecular complexity index is 489. The molecule has 2 rings (SSSR count). The van der Waals surface area contributed by atoms with Gasteiger partial charge in [-0.05, 0) is 32.3 Å². The number of carbonyl (C=O) groups is 1. The zero-order chi connectivity index (χ0) is 17.4. The van der Waals surface area contributed by atoms with Crippen LogP contribution in [0.3, 0.4) is 0 Å². The van der Waals surface area contributed by atoms with Crippen molar-refractivity contribution >= 4 is 17.9 Å². The summed E-state index contributed by atoms with van der Waals surface area (Å²) in [5.74, 6) is 0. The molecule has 1 heterocycles. The average molecular weight is 347 g/mol. The molecule has 2 aliphatic rings. The summed E-state index contributed by atoms with van der Waals surface area (Å²) >= 11 is 6.33. The number of halogens is 1. The van der Waals surface area contributed by atoms with Crippen molar-refractivity contribution in [3.63, 3.8) is 0 Å². The molecule has 23 heavy (non-hydrogen) atoms. The SMILES string of the molecule is CCCCCC1=C(C=O)C2OC(C)(C)C(O)CC2(O)C(Cl)C1O. The molecular weight excluding hydrogens is 320 g/mol. The minimum absolute atomic E-state index is 0.0462. The minimum Gasteiger partial charge on any atom is -0.390 e. The van der Waals surface area contributed by atoms with Crippen molar-refractivity contribution in [2.24, 2.45) is 0 Å². The minimum atomic E-state index is -1.67. The van der Waals surface area contributed by atoms with Crippen molar-refractivity contribution in [1.82, 2.24) is 0 Å². The van der Waals surface area contributed by atoms with Crippen LogP contribution < -0.4 is 0 Å². The van der Waals surface area contributed by atoms with Gasteiger partial charge in [0.05, 0.1) is 23.2 Å². The van der Waals surface area contributed by atoms with Crippen LogP contribution in [0.1, 0.15) is 52.9 Å². The third-order valence-electron chi connectivity index (χ3n) is 5.14. The van der Waals surface area contributed by atoms with Crippen molar-refractivity contribution in [3.05, 3.63) is 11.1 Å². The zero-order valence-corrected chi connectivity index (χ0v) is 14.7. The molecule has 0 bridgehead atoms. The summed E-state index contributed by atoms with van der Waals surface area (Å²) in [5.41, 5.74) is -1.75. The summed E-state index contributed by atoms with van der Waals surface area (Å²) in [6, 6.07) is 0. The number of fused-ring (bicyclic) bond motifs is 1. The van der Waals surface area contributed by atoms with Crippen LogP contribution in [-0.4, -0.2) is 56.5 Å². The smallest absolute Gasteiger partial charge is 0.148 e. The van der Waals surface area contributed by atoms with Crippen LogP contribution in [-0.2, 0) is 9.53 Å². The van der Waals surface area contributed by atoms with E-state index in [-0.39, 0.29) is 12.0 Å². The fourth-order valence-corrected chi connectivity index (χ4v) is 3.88. The molecule has 5 unspecified atom stereocenters. The Labute approximate surface area is 142 Å². The maximum Gasteiger partial charge on any atom is 0.148 e. The molecule has 0 radical (unpaired) electrons. The highest BCUT2D eigenvalue weighted by molar-refractivity contribution is 6.22. The Hall–Kier alpha value is -0.460. The van der Waals surface area contributed by atoms with Gasteiger partial charge in [-0.25, -0.2) is 0 Å². The van der Waals surface area contributed by atoms with E-state index >= 15 is 0 Å². The van der Waals surface area contributed by atoms with Gasteiger partial charge in [0.15, 0.2) is 0 Å². The Balaban J connectivity index is 2.43. The van der Waals surface area contributed by atoms with Gasteiger partial charge in [-0.2, -0.15) is 0 Å². The number of ether oxygens (including phenoxy) is 1. The van der Waals surface area contributed by atoms with Crippen LogP contribution in [0.5, 0.6) is 0 Å². The number of aldehydes is 1. The molecule has 1 fully saturated rings. The number of unbranched alkanes of at least 4 members (excludes halogenated alkanes) is 2. The molecule has 5 nitrogen and oxygen atoms in total. The van der Waals surface area contributed by atoms with Gasteiger partial charge in [0, 0.05) is 12.0 Å². The molecular formula is C17H27ClO5. The highest BCUT2D eigenvalue weighted by Crippen LogP contribution is 2.47. The van der Waals surface area contributed by atoms with E-state index in [9.17, 15) is 20.1 Å². The highest BCUT2D eigenvalue weighted by Gasteiger charge is 2.60. The largest absolute Gasteiger partial charge is 0.390 e. The van der Waals surface area contributed by atoms with Crippen LogP contribution in [0.2, 0.25) is 0 Å². The van der Waals surface area contributed by atoms with Gasteiger partial charge in [0.25, 0.3) is 0 Å². The van der Waals surface area contributed by atoms with Crippen LogP contribution in [0, 0.1) is 0 Å². The van der Waals surface area contributed by atoms with Crippen LogP contribution in [0.15, 0.2) is 11.1 Å². The van der Waals surface area contributed by atoms with E-state index in [1.165, 1.54) is 0 Å². The Morgan fingerprint density at radius 1 is 1.35 bits per heavy atom. The van der Waals surface area contributed by atoms with E-state index in [0.717, 1.165) is 19.3 Å². The first-order chi connectivity index (χ1) is 10.7. The van der Waals surface area contributed by atoms with Crippen molar-refractivity contribution in [2.45, 2.75) is 87.8 Å². The predicted octanol–water partition coefficient (Wildman–Crippen LogP) is 1.70. The number of hydrogen-bond donors (Lipinski definition) is 3. The standard InChI is InChI=1S/C17H27ClO5/c1-4-5-6-7-10-11(9-19)15-17(22,14(18)13(10)21)8-12(20)16(2,3)23-15/h9,12-15,20-22H,4-8H2,1-3H3. The second-order valence-electron chi connectivity index (χ2n) is 7.21. The van der Waals surface area contributed by atoms with E-state index in [1.807, 2.05) is 0 Å². The second kappa shape index (κ2) is 6.81. The molecule has 1 aliphatic carbocycles. The van der Waals surface area contributed by atoms with Gasteiger partial charge in [-0.15, -0.1) is 11.6 Å². The predicted molar refractivity (Wildman–Crippen MR) is 87.4 cm³/mol. The second-order valence-corrected chi connectivity index (χ2v) is 7.68. The third kappa shape index (κ3) is 3.22. The number of hydrogen-bond acceptors (Lipinski definition) is 5. The van der Waals surface area contributed by atoms with E-state index in [4.69, 9.17) is 16.3 Å². The topological polar surface area (TPSA) is 87.0 Å². The maximum absolute atomic E-state index is 11.7. The van der Waals surface area contributed by atoms with Crippen molar-refractivity contribution in [1.29, 1.82) is 0 Å². The first-order valence-electron chi connectivity index (χ1n) is 8.27. The molecule has 0 aromatic carbocycles. The van der Waals surface area contributed by atoms with Gasteiger partial charge < -0.3 is 20.1 Å². The lowest BCUT2D eigenvalue weighted by Crippen LogP contribution is -2.68. The summed E-state index contributed by atoms with van der Waals surface area (Å²) < 4.78 is 5.87. The van der Waals surface area contributed by atoms with E-state index < -0.39 is 34.9 Å². The molecule has 132 valence electrons. The van der Waals surface area contributed by atoms with Crippen molar-refractivity contribution in [3.8, 4) is 0 Å². The number of alkyl halides is 1. The molecule has 0 amide bonds. The Kier molecular flexibility index (Phi) is 5.58. The molecule has 5 atom stereocenters. The van der Waals surface area contributed by atoms with Crippen molar-refractivity contribution in [2.75, 3.05) is 0 Å². The summed E-state index contributed by atoms with van der Waals surface area (Å²) in [6.45, 7) is 5.50. The zero-order valence-electron chi connectivity index (χ0n) is 14.0. The first kappa shape index (κ1) is 18.9. The maximum atomic E-state index is 11.7. The van der Waals surface area contributed by atoms with E-state index in [2.05, 4.69) is 6.92 Å². The fraction of sp³-hybridized carbons (Fsp3) is 0.824. The van der Waals surface area contributed by atoms with Gasteiger partial charge in [0.2, 0.25) is 0 Å². The monoisotopic (exact) mass is 346 g/mol. The van der Waals surface area contributed by atoms with Crippen molar-refractivity contribution < 1.29 is 24.9 Å². The van der Waals surface area contributed by atoms with Gasteiger partial charge >= 0.3 is 0 Å². The molecule has 1 aliphatic heterocycles. The molecule has 6 heteroatoms. The first-order valence-corrected chi connectivity index (χ1v) is 8.71. The molecule has 1 saturated heterocycles. The number of aliphatic hydroxyl groups excluding tert-OH is 2. The molecule has 0 saturated carbocycles. The summed E-state index contributed by atoms with van der Waals surface area (Å²) in [6.07, 6.45) is 1.00. The Morgan fingerprint density at radius 3 is 2.57 bits per heavy atom. The normalized spacial score (nSPS) is 40.0. The van der Waals surface area contributed by atoms with E-state index in [0.29, 0.717) is 18.3 Å². The lowest BCUT2D eigenvalue weighted by Gasteiger charge is -2.54. The lowest BCUT2D eigenvalue weighted by atomic mass is 9.69. The van der Waals surface area contributed by atoms with E-state index in [1.54, 1.807) is 13.8 Å². The molecule has 0 aromatic rings. The fourth-order valence-electron chi connectivity index (χ4n) is 3.52. The third-order valence-corrected chi connectivity index (χ3v) is 5.76. The van der Waals surface area contributed by atoms with Gasteiger partial charge in [-0.3, -0.25) is 4.79 Å². The quantitative estimate of drug-likeness (QED) is 0.401. The lowest BCUT2D eigenvalue weighted by molar-refractivity contribution is -0.246. The molecule has 0 aromatic heterocycles. The average Bonchev–Trinajstić information content (AvgIpc) is 2.49. The highest BCUT2D eigenvalue weighted by atomic mass is 35.5. The molecule has 3 N–H and O–H groups in total. The summed E-state index contributed by atoms with van der Waals surface area (Å²) in [4.78, 5) is 11.7. The summed E-state index contributed by atoms with van der Waals surface area (Å²) in [7, 11) is 0. The van der Waals surface area contributed by atoms with Gasteiger partial charge in [-0.1, -0.05) is 19.8 Å². The number of aliphatic hydroxyl groups is 3. The number of carbonyl (C=O) groups excluding carboxylic acids is 1. The van der Waals surface area contributed by atoms with Crippen LogP contribution in [0.4, 0.5) is 0 Å². The summed E-state index contributed by atoms with van der Waals surface area (Å²) in [5, 5.41) is 30.7. The van der Waals surface area contributed by atoms with Crippen LogP contribution >= 0.6 is 11.6 Å². The number of rotatable bonds is 5. The van der Waals surface area contributed by atoms with Crippen LogP contribution in [0.25, 0.3) is 0 Å². The molecule has 0 spiro atoms. The Morgan fingerprint density at radius 2 is 2.00 bits per heavy atom. The van der Waals surface area contributed by atoms with Gasteiger partial charge in [0.1, 0.15) is 18.0 Å².